The molecule has 5 aromatic rings. The van der Waals surface area contributed by atoms with Crippen molar-refractivity contribution in [3.63, 3.8) is 0 Å². The summed E-state index contributed by atoms with van der Waals surface area (Å²) in [6.45, 7) is 3.52. The Balaban J connectivity index is 1.49. The molecule has 4 aromatic carbocycles. The fourth-order valence-corrected chi connectivity index (χ4v) is 5.93. The number of aromatic nitrogens is 2. The molecule has 1 aliphatic heterocycles. The maximum atomic E-state index is 15.2. The fourth-order valence-electron chi connectivity index (χ4n) is 5.93. The molecule has 9 heteroatoms. The van der Waals surface area contributed by atoms with E-state index < -0.39 is 29.6 Å². The molecule has 1 aliphatic rings. The molecule has 0 bridgehead atoms. The molecule has 8 nitrogen and oxygen atoms in total. The van der Waals surface area contributed by atoms with E-state index in [0.29, 0.717) is 28.2 Å². The summed E-state index contributed by atoms with van der Waals surface area (Å²) in [6.07, 6.45) is 1.77. The molecule has 1 unspecified atom stereocenters. The number of methoxy groups -OCH3 is 1. The van der Waals surface area contributed by atoms with Crippen LogP contribution in [0.25, 0.3) is 16.9 Å². The molecule has 2 heterocycles. The lowest BCUT2D eigenvalue weighted by Gasteiger charge is -2.31. The number of hydrogen-bond acceptors (Lipinski definition) is 7. The minimum Gasteiger partial charge on any atom is -0.494 e. The zero-order valence-electron chi connectivity index (χ0n) is 26.8. The van der Waals surface area contributed by atoms with Gasteiger partial charge in [-0.3, -0.25) is 9.79 Å². The van der Waals surface area contributed by atoms with Crippen LogP contribution in [-0.2, 0) is 32.3 Å². The van der Waals surface area contributed by atoms with Crippen LogP contribution >= 0.6 is 0 Å². The minimum absolute atomic E-state index is 0.0226. The van der Waals surface area contributed by atoms with E-state index in [9.17, 15) is 9.59 Å². The van der Waals surface area contributed by atoms with Gasteiger partial charge in [0, 0.05) is 34.7 Å². The van der Waals surface area contributed by atoms with Crippen molar-refractivity contribution in [1.29, 1.82) is 0 Å². The first-order chi connectivity index (χ1) is 23.3. The van der Waals surface area contributed by atoms with Gasteiger partial charge in [0.15, 0.2) is 11.6 Å². The molecule has 0 saturated heterocycles. The number of rotatable bonds is 10. The van der Waals surface area contributed by atoms with Crippen LogP contribution in [0.15, 0.2) is 132 Å². The summed E-state index contributed by atoms with van der Waals surface area (Å²) in [5.41, 5.74) is 4.74. The number of para-hydroxylation sites is 1. The smallest absolute Gasteiger partial charge is 0.336 e. The molecule has 242 valence electrons. The summed E-state index contributed by atoms with van der Waals surface area (Å²) >= 11 is 0. The maximum Gasteiger partial charge on any atom is 0.336 e. The van der Waals surface area contributed by atoms with Gasteiger partial charge in [0.1, 0.15) is 19.1 Å². The second-order valence-electron chi connectivity index (χ2n) is 11.4. The van der Waals surface area contributed by atoms with Gasteiger partial charge < -0.3 is 14.2 Å². The highest BCUT2D eigenvalue weighted by Crippen LogP contribution is 2.44. The molecule has 6 rings (SSSR count). The van der Waals surface area contributed by atoms with E-state index in [2.05, 4.69) is 4.99 Å². The van der Waals surface area contributed by atoms with E-state index in [4.69, 9.17) is 19.3 Å². The Morgan fingerprint density at radius 1 is 0.812 bits per heavy atom. The van der Waals surface area contributed by atoms with Crippen LogP contribution < -0.4 is 4.74 Å². The van der Waals surface area contributed by atoms with E-state index in [-0.39, 0.29) is 24.5 Å². The van der Waals surface area contributed by atoms with Gasteiger partial charge in [0.2, 0.25) is 0 Å². The van der Waals surface area contributed by atoms with Gasteiger partial charge in [-0.25, -0.2) is 13.9 Å². The van der Waals surface area contributed by atoms with Crippen LogP contribution in [0.3, 0.4) is 0 Å². The van der Waals surface area contributed by atoms with Crippen LogP contribution in [0, 0.1) is 11.7 Å². The third kappa shape index (κ3) is 6.80. The highest BCUT2D eigenvalue weighted by molar-refractivity contribution is 6.07. The van der Waals surface area contributed by atoms with Gasteiger partial charge in [-0.2, -0.15) is 5.10 Å². The first-order valence-electron chi connectivity index (χ1n) is 15.5. The van der Waals surface area contributed by atoms with Crippen LogP contribution in [0.4, 0.5) is 4.39 Å². The van der Waals surface area contributed by atoms with Crippen LogP contribution in [0.5, 0.6) is 5.75 Å². The molecule has 0 fully saturated rings. The summed E-state index contributed by atoms with van der Waals surface area (Å²) in [7, 11) is 1.39. The molecule has 2 atom stereocenters. The van der Waals surface area contributed by atoms with E-state index in [1.54, 1.807) is 30.8 Å². The zero-order valence-corrected chi connectivity index (χ0v) is 26.8. The van der Waals surface area contributed by atoms with Crippen LogP contribution in [0.1, 0.15) is 36.5 Å². The van der Waals surface area contributed by atoms with E-state index >= 15 is 4.39 Å². The molecule has 0 radical (unpaired) electrons. The van der Waals surface area contributed by atoms with Gasteiger partial charge in [0.05, 0.1) is 24.1 Å². The Kier molecular flexibility index (Phi) is 9.57. The van der Waals surface area contributed by atoms with Gasteiger partial charge in [-0.15, -0.1) is 0 Å². The van der Waals surface area contributed by atoms with Crippen LogP contribution in [-0.4, -0.2) is 34.5 Å². The highest BCUT2D eigenvalue weighted by Gasteiger charge is 2.44. The lowest BCUT2D eigenvalue weighted by Crippen LogP contribution is -2.36. The molecule has 0 aliphatic carbocycles. The van der Waals surface area contributed by atoms with Gasteiger partial charge in [0.25, 0.3) is 0 Å². The van der Waals surface area contributed by atoms with Crippen LogP contribution in [0.2, 0.25) is 0 Å². The number of allylic oxidation sites excluding steroid dienone is 1. The van der Waals surface area contributed by atoms with Gasteiger partial charge >= 0.3 is 11.9 Å². The van der Waals surface area contributed by atoms with Gasteiger partial charge in [-0.05, 0) is 55.3 Å². The quantitative estimate of drug-likeness (QED) is 0.145. The second-order valence-corrected chi connectivity index (χ2v) is 11.4. The fraction of sp³-hybridized carbons (Fsp3) is 0.179. The number of esters is 2. The Labute approximate surface area is 278 Å². The van der Waals surface area contributed by atoms with Crippen molar-refractivity contribution >= 4 is 17.7 Å². The Morgan fingerprint density at radius 2 is 1.42 bits per heavy atom. The third-order valence-corrected chi connectivity index (χ3v) is 8.26. The zero-order chi connectivity index (χ0) is 33.6. The largest absolute Gasteiger partial charge is 0.494 e. The first kappa shape index (κ1) is 32.1. The van der Waals surface area contributed by atoms with Crippen molar-refractivity contribution in [3.8, 4) is 22.7 Å². The van der Waals surface area contributed by atoms with E-state index in [1.807, 2.05) is 91.0 Å². The SMILES string of the molecule is COc1ccc(-c2nn(-c3ccccc3)cc2[C@@H]2C(C(=O)OCc3ccccc3)=C(C)N=C(C)C2C(=O)OCc2ccccc2)cc1F. The first-order valence-corrected chi connectivity index (χ1v) is 15.5. The standard InChI is InChI=1S/C39H34FN3O5/c1-25-34(38(44)47-23-27-13-7-4-8-14-27)36(35(26(2)41-25)39(45)48-24-28-15-9-5-10-16-28)31-22-43(30-17-11-6-12-18-30)42-37(31)29-19-20-33(46-3)32(40)21-29/h4-22,34,36H,23-24H2,1-3H3/t34?,36-/m0/s1. The lowest BCUT2D eigenvalue weighted by atomic mass is 9.75. The molecule has 0 N–H and O–H groups in total. The van der Waals surface area contributed by atoms with E-state index in [0.717, 1.165) is 16.8 Å². The minimum atomic E-state index is -1.01. The number of nitrogens with zero attached hydrogens (tertiary/aromatic N) is 3. The monoisotopic (exact) mass is 643 g/mol. The number of carbonyl (C=O) groups is 2. The Bertz CT molecular complexity index is 1990. The van der Waals surface area contributed by atoms with Crippen molar-refractivity contribution in [2.45, 2.75) is 33.0 Å². The van der Waals surface area contributed by atoms with Gasteiger partial charge in [-0.1, -0.05) is 78.9 Å². The van der Waals surface area contributed by atoms with Crippen molar-refractivity contribution in [1.82, 2.24) is 9.78 Å². The molecule has 1 aromatic heterocycles. The number of carbonyl (C=O) groups excluding carboxylic acids is 2. The highest BCUT2D eigenvalue weighted by atomic mass is 19.1. The van der Waals surface area contributed by atoms with Crippen molar-refractivity contribution in [2.75, 3.05) is 7.11 Å². The molecular formula is C39H34FN3O5. The molecule has 48 heavy (non-hydrogen) atoms. The molecule has 0 spiro atoms. The number of halogens is 1. The van der Waals surface area contributed by atoms with E-state index in [1.165, 1.54) is 19.2 Å². The average molecular weight is 644 g/mol. The summed E-state index contributed by atoms with van der Waals surface area (Å²) in [5, 5.41) is 4.89. The number of aliphatic imine (C=N–C) groups is 1. The third-order valence-electron chi connectivity index (χ3n) is 8.26. The maximum absolute atomic E-state index is 15.2. The molecular weight excluding hydrogens is 609 g/mol. The summed E-state index contributed by atoms with van der Waals surface area (Å²) in [6, 6.07) is 32.6. The second kappa shape index (κ2) is 14.3. The Hall–Kier alpha value is -5.83. The van der Waals surface area contributed by atoms with Crippen molar-refractivity contribution in [2.24, 2.45) is 10.9 Å². The summed E-state index contributed by atoms with van der Waals surface area (Å²) in [4.78, 5) is 32.8. The normalized spacial score (nSPS) is 15.9. The number of hydrogen-bond donors (Lipinski definition) is 0. The molecule has 0 saturated carbocycles. The topological polar surface area (TPSA) is 92.0 Å². The Morgan fingerprint density at radius 3 is 2.02 bits per heavy atom. The average Bonchev–Trinajstić information content (AvgIpc) is 3.56. The van der Waals surface area contributed by atoms with Crippen molar-refractivity contribution < 1.29 is 28.2 Å². The van der Waals surface area contributed by atoms with Crippen molar-refractivity contribution in [3.05, 3.63) is 149 Å². The number of benzene rings is 4. The molecule has 0 amide bonds. The predicted molar refractivity (Wildman–Crippen MR) is 180 cm³/mol. The summed E-state index contributed by atoms with van der Waals surface area (Å²) in [5.74, 6) is -3.63. The number of ether oxygens (including phenoxy) is 3. The summed E-state index contributed by atoms with van der Waals surface area (Å²) < 4.78 is 33.7. The lowest BCUT2D eigenvalue weighted by molar-refractivity contribution is -0.148. The predicted octanol–water partition coefficient (Wildman–Crippen LogP) is 7.62.